The lowest BCUT2D eigenvalue weighted by atomic mass is 10.0. The molecule has 0 spiro atoms. The summed E-state index contributed by atoms with van der Waals surface area (Å²) in [5.41, 5.74) is 7.16. The maximum atomic E-state index is 12.9. The first-order chi connectivity index (χ1) is 14.9. The number of aryl methyl sites for hydroxylation is 1. The highest BCUT2D eigenvalue weighted by molar-refractivity contribution is 7.89. The Bertz CT molecular complexity index is 1090. The molecule has 0 radical (unpaired) electrons. The van der Waals surface area contributed by atoms with E-state index in [2.05, 4.69) is 0 Å². The average Bonchev–Trinajstić information content (AvgIpc) is 3.33. The number of amides is 2. The predicted octanol–water partition coefficient (Wildman–Crippen LogP) is 1.93. The number of carbonyl (C=O) groups is 2. The Kier molecular flexibility index (Phi) is 5.97. The van der Waals surface area contributed by atoms with E-state index in [4.69, 9.17) is 10.5 Å². The highest BCUT2D eigenvalue weighted by atomic mass is 32.2. The molecule has 31 heavy (non-hydrogen) atoms. The number of benzene rings is 2. The first kappa shape index (κ1) is 21.3. The molecule has 4 rings (SSSR count). The fraction of sp³-hybridized carbons (Fsp3) is 0.364. The molecule has 2 N–H and O–H groups in total. The Morgan fingerprint density at radius 3 is 2.35 bits per heavy atom. The molecule has 0 saturated carbocycles. The van der Waals surface area contributed by atoms with Gasteiger partial charge < -0.3 is 15.4 Å². The van der Waals surface area contributed by atoms with Gasteiger partial charge in [-0.15, -0.1) is 0 Å². The van der Waals surface area contributed by atoms with Crippen LogP contribution >= 0.6 is 0 Å². The van der Waals surface area contributed by atoms with Crippen molar-refractivity contribution in [3.05, 3.63) is 53.6 Å². The summed E-state index contributed by atoms with van der Waals surface area (Å²) in [5, 5.41) is 0. The van der Waals surface area contributed by atoms with Crippen molar-refractivity contribution in [2.45, 2.75) is 30.6 Å². The van der Waals surface area contributed by atoms with E-state index in [1.165, 1.54) is 4.31 Å². The zero-order valence-electron chi connectivity index (χ0n) is 17.1. The smallest absolute Gasteiger partial charge is 0.264 e. The molecule has 164 valence electrons. The van der Waals surface area contributed by atoms with Crippen LogP contribution in [0, 0.1) is 0 Å². The van der Waals surface area contributed by atoms with Crippen LogP contribution in [-0.4, -0.2) is 50.8 Å². The van der Waals surface area contributed by atoms with Crippen LogP contribution in [0.15, 0.2) is 47.4 Å². The van der Waals surface area contributed by atoms with E-state index in [1.54, 1.807) is 47.4 Å². The molecule has 2 aliphatic rings. The predicted molar refractivity (Wildman–Crippen MR) is 116 cm³/mol. The third kappa shape index (κ3) is 4.42. The summed E-state index contributed by atoms with van der Waals surface area (Å²) in [4.78, 5) is 25.9. The lowest BCUT2D eigenvalue weighted by Gasteiger charge is -2.30. The van der Waals surface area contributed by atoms with Crippen molar-refractivity contribution in [1.82, 2.24) is 4.31 Å². The number of carbonyl (C=O) groups excluding carboxylic acids is 2. The van der Waals surface area contributed by atoms with Gasteiger partial charge in [-0.25, -0.2) is 8.42 Å². The van der Waals surface area contributed by atoms with Crippen molar-refractivity contribution in [1.29, 1.82) is 0 Å². The zero-order chi connectivity index (χ0) is 22.0. The molecule has 0 atom stereocenters. The minimum Gasteiger partial charge on any atom is -0.484 e. The van der Waals surface area contributed by atoms with Gasteiger partial charge in [0.1, 0.15) is 5.75 Å². The number of ether oxygens (including phenoxy) is 1. The Balaban J connectivity index is 1.47. The summed E-state index contributed by atoms with van der Waals surface area (Å²) in [6.07, 6.45) is 3.24. The molecule has 0 bridgehead atoms. The normalized spacial score (nSPS) is 16.7. The standard InChI is InChI=1S/C22H25N3O5S/c23-22(27)16-5-7-18(8-6-16)30-15-21(26)25-13-3-4-17-14-19(9-10-20(17)25)31(28,29)24-11-1-2-12-24/h5-10,14H,1-4,11-13,15H2,(H2,23,27). The topological polar surface area (TPSA) is 110 Å². The molecule has 2 heterocycles. The van der Waals surface area contributed by atoms with Crippen molar-refractivity contribution in [3.8, 4) is 5.75 Å². The van der Waals surface area contributed by atoms with E-state index in [-0.39, 0.29) is 17.4 Å². The average molecular weight is 444 g/mol. The summed E-state index contributed by atoms with van der Waals surface area (Å²) in [5.74, 6) is -0.281. The molecule has 2 aliphatic heterocycles. The third-order valence-corrected chi connectivity index (χ3v) is 7.57. The maximum Gasteiger partial charge on any atom is 0.264 e. The highest BCUT2D eigenvalue weighted by Crippen LogP contribution is 2.31. The van der Waals surface area contributed by atoms with Gasteiger partial charge in [0, 0.05) is 30.9 Å². The molecule has 1 saturated heterocycles. The van der Waals surface area contributed by atoms with Gasteiger partial charge in [-0.2, -0.15) is 4.31 Å². The zero-order valence-corrected chi connectivity index (χ0v) is 17.9. The number of sulfonamides is 1. The van der Waals surface area contributed by atoms with Crippen LogP contribution in [0.2, 0.25) is 0 Å². The van der Waals surface area contributed by atoms with E-state index in [9.17, 15) is 18.0 Å². The number of nitrogens with zero attached hydrogens (tertiary/aromatic N) is 2. The van der Waals surface area contributed by atoms with Gasteiger partial charge in [0.25, 0.3) is 5.91 Å². The molecule has 2 amide bonds. The van der Waals surface area contributed by atoms with E-state index < -0.39 is 15.9 Å². The van der Waals surface area contributed by atoms with Gasteiger partial charge in [-0.05, 0) is 73.7 Å². The lowest BCUT2D eigenvalue weighted by molar-refractivity contribution is -0.120. The largest absolute Gasteiger partial charge is 0.484 e. The maximum absolute atomic E-state index is 12.9. The van der Waals surface area contributed by atoms with Crippen LogP contribution in [0.4, 0.5) is 5.69 Å². The second-order valence-electron chi connectivity index (χ2n) is 7.73. The van der Waals surface area contributed by atoms with Crippen molar-refractivity contribution in [2.24, 2.45) is 5.73 Å². The molecule has 9 heteroatoms. The molecule has 1 fully saturated rings. The van der Waals surface area contributed by atoms with Crippen molar-refractivity contribution in [2.75, 3.05) is 31.1 Å². The summed E-state index contributed by atoms with van der Waals surface area (Å²) in [7, 11) is -3.49. The lowest BCUT2D eigenvalue weighted by Crippen LogP contribution is -2.38. The van der Waals surface area contributed by atoms with Crippen LogP contribution in [0.3, 0.4) is 0 Å². The number of rotatable bonds is 6. The Hall–Kier alpha value is -2.91. The van der Waals surface area contributed by atoms with Crippen LogP contribution in [0.25, 0.3) is 0 Å². The van der Waals surface area contributed by atoms with Crippen molar-refractivity contribution < 1.29 is 22.7 Å². The van der Waals surface area contributed by atoms with Crippen molar-refractivity contribution in [3.63, 3.8) is 0 Å². The Morgan fingerprint density at radius 1 is 0.968 bits per heavy atom. The fourth-order valence-corrected chi connectivity index (χ4v) is 5.58. The van der Waals surface area contributed by atoms with Crippen LogP contribution in [0.1, 0.15) is 35.2 Å². The second-order valence-corrected chi connectivity index (χ2v) is 9.67. The van der Waals surface area contributed by atoms with E-state index in [1.807, 2.05) is 0 Å². The number of hydrogen-bond acceptors (Lipinski definition) is 5. The molecule has 2 aromatic carbocycles. The first-order valence-corrected chi connectivity index (χ1v) is 11.8. The monoisotopic (exact) mass is 443 g/mol. The third-order valence-electron chi connectivity index (χ3n) is 5.67. The van der Waals surface area contributed by atoms with E-state index in [0.717, 1.165) is 36.9 Å². The SMILES string of the molecule is NC(=O)c1ccc(OCC(=O)N2CCCc3cc(S(=O)(=O)N4CCCC4)ccc32)cc1. The minimum absolute atomic E-state index is 0.164. The van der Waals surface area contributed by atoms with Crippen LogP contribution in [-0.2, 0) is 21.2 Å². The van der Waals surface area contributed by atoms with Gasteiger partial charge in [0.05, 0.1) is 4.90 Å². The quantitative estimate of drug-likeness (QED) is 0.734. The van der Waals surface area contributed by atoms with Crippen molar-refractivity contribution >= 4 is 27.5 Å². The summed E-state index contributed by atoms with van der Waals surface area (Å²) < 4.78 is 32.8. The van der Waals surface area contributed by atoms with Gasteiger partial charge in [-0.1, -0.05) is 0 Å². The van der Waals surface area contributed by atoms with E-state index in [0.29, 0.717) is 30.9 Å². The Morgan fingerprint density at radius 2 is 1.68 bits per heavy atom. The number of hydrogen-bond donors (Lipinski definition) is 1. The molecule has 0 aliphatic carbocycles. The molecule has 0 aromatic heterocycles. The molecule has 0 unspecified atom stereocenters. The first-order valence-electron chi connectivity index (χ1n) is 10.3. The highest BCUT2D eigenvalue weighted by Gasteiger charge is 2.29. The summed E-state index contributed by atoms with van der Waals surface area (Å²) >= 11 is 0. The van der Waals surface area contributed by atoms with Gasteiger partial charge >= 0.3 is 0 Å². The number of fused-ring (bicyclic) bond motifs is 1. The van der Waals surface area contributed by atoms with E-state index >= 15 is 0 Å². The van der Waals surface area contributed by atoms with Crippen LogP contribution in [0.5, 0.6) is 5.75 Å². The van der Waals surface area contributed by atoms with Gasteiger partial charge in [0.15, 0.2) is 6.61 Å². The molecule has 2 aromatic rings. The minimum atomic E-state index is -3.49. The van der Waals surface area contributed by atoms with Crippen LogP contribution < -0.4 is 15.4 Å². The second kappa shape index (κ2) is 8.68. The molecular formula is C22H25N3O5S. The molecule has 8 nitrogen and oxygen atoms in total. The number of nitrogens with two attached hydrogens (primary N) is 1. The number of anilines is 1. The van der Waals surface area contributed by atoms with Gasteiger partial charge in [-0.3, -0.25) is 9.59 Å². The summed E-state index contributed by atoms with van der Waals surface area (Å²) in [6, 6.07) is 11.3. The fourth-order valence-electron chi connectivity index (χ4n) is 4.01. The Labute approximate surface area is 181 Å². The summed E-state index contributed by atoms with van der Waals surface area (Å²) in [6.45, 7) is 1.50. The number of primary amides is 1. The van der Waals surface area contributed by atoms with Gasteiger partial charge in [0.2, 0.25) is 15.9 Å². The molecular weight excluding hydrogens is 418 g/mol.